The predicted molar refractivity (Wildman–Crippen MR) is 169 cm³/mol. The molecule has 2 aliphatic heterocycles. The molecule has 2 aromatic heterocycles. The number of para-hydroxylation sites is 1. The number of carbonyl (C=O) groups excluding carboxylic acids is 1. The van der Waals surface area contributed by atoms with E-state index in [1.807, 2.05) is 17.5 Å². The molecule has 0 saturated carbocycles. The molecule has 1 amide bonds. The van der Waals surface area contributed by atoms with Crippen molar-refractivity contribution in [2.45, 2.75) is 30.5 Å². The molecular weight excluding hydrogens is 578 g/mol. The second-order valence-corrected chi connectivity index (χ2v) is 12.5. The number of amides is 1. The number of amidine groups is 1. The van der Waals surface area contributed by atoms with E-state index < -0.39 is 23.3 Å². The molecule has 1 saturated heterocycles. The zero-order valence-electron chi connectivity index (χ0n) is 24.0. The zero-order valence-corrected chi connectivity index (χ0v) is 24.8. The quantitative estimate of drug-likeness (QED) is 0.227. The highest BCUT2D eigenvalue weighted by Gasteiger charge is 2.52. The summed E-state index contributed by atoms with van der Waals surface area (Å²) in [4.78, 5) is 24.1. The number of hydrogen-bond acceptors (Lipinski definition) is 5. The number of benzene rings is 3. The molecule has 0 bridgehead atoms. The molecule has 3 aromatic carbocycles. The molecule has 0 spiro atoms. The lowest BCUT2D eigenvalue weighted by molar-refractivity contribution is -0.131. The standard InChI is InChI=1S/C35H32F2N4O2S/c36-27-11-7-25(8-12-27)35(26-9-13-28(37)14-10-26)34(43)41(33(38-35)32-6-3-21-44-32)23-30(42)22-39-18-16-29(17-19-39)40-20-15-24-4-1-2-5-31(24)40/h1-15,20-21,29-30,42H,16-19,22-23H2. The number of piperidine rings is 1. The molecule has 9 heteroatoms. The van der Waals surface area contributed by atoms with Crippen LogP contribution in [0.3, 0.4) is 0 Å². The van der Waals surface area contributed by atoms with Crippen LogP contribution >= 0.6 is 11.3 Å². The van der Waals surface area contributed by atoms with Gasteiger partial charge in [-0.15, -0.1) is 11.3 Å². The Hall–Kier alpha value is -4.18. The molecular formula is C35H32F2N4O2S. The van der Waals surface area contributed by atoms with E-state index >= 15 is 0 Å². The smallest absolute Gasteiger partial charge is 0.265 e. The van der Waals surface area contributed by atoms with Crippen LogP contribution in [0.25, 0.3) is 10.9 Å². The molecule has 0 radical (unpaired) electrons. The fraction of sp³-hybridized carbons (Fsp3) is 0.257. The first kappa shape index (κ1) is 28.6. The van der Waals surface area contributed by atoms with Crippen LogP contribution in [-0.2, 0) is 10.3 Å². The van der Waals surface area contributed by atoms with Crippen molar-refractivity contribution in [1.29, 1.82) is 0 Å². The van der Waals surface area contributed by atoms with Crippen LogP contribution in [0.5, 0.6) is 0 Å². The zero-order chi connectivity index (χ0) is 30.3. The molecule has 6 nitrogen and oxygen atoms in total. The van der Waals surface area contributed by atoms with Gasteiger partial charge >= 0.3 is 0 Å². The molecule has 1 fully saturated rings. The minimum Gasteiger partial charge on any atom is -0.390 e. The Kier molecular flexibility index (Phi) is 7.62. The maximum absolute atomic E-state index is 14.5. The summed E-state index contributed by atoms with van der Waals surface area (Å²) in [5, 5.41) is 14.5. The van der Waals surface area contributed by atoms with Gasteiger partial charge in [0.1, 0.15) is 17.5 Å². The van der Waals surface area contributed by atoms with Crippen molar-refractivity contribution in [3.05, 3.63) is 130 Å². The van der Waals surface area contributed by atoms with Crippen LogP contribution in [0.15, 0.2) is 108 Å². The van der Waals surface area contributed by atoms with Crippen LogP contribution in [0.4, 0.5) is 8.78 Å². The van der Waals surface area contributed by atoms with Crippen LogP contribution in [0, 0.1) is 11.6 Å². The highest BCUT2D eigenvalue weighted by Crippen LogP contribution is 2.42. The third-order valence-electron chi connectivity index (χ3n) is 8.79. The molecule has 0 aliphatic carbocycles. The Balaban J connectivity index is 1.13. The van der Waals surface area contributed by atoms with Gasteiger partial charge in [-0.2, -0.15) is 0 Å². The Bertz CT molecular complexity index is 1750. The number of nitrogens with zero attached hydrogens (tertiary/aromatic N) is 4. The van der Waals surface area contributed by atoms with Crippen LogP contribution in [-0.4, -0.2) is 63.5 Å². The Morgan fingerprint density at radius 2 is 1.52 bits per heavy atom. The van der Waals surface area contributed by atoms with Gasteiger partial charge in [0.2, 0.25) is 0 Å². The summed E-state index contributed by atoms with van der Waals surface area (Å²) in [5.41, 5.74) is 0.644. The first-order valence-corrected chi connectivity index (χ1v) is 15.7. The maximum Gasteiger partial charge on any atom is 0.265 e. The van der Waals surface area contributed by atoms with Crippen LogP contribution < -0.4 is 0 Å². The highest BCUT2D eigenvalue weighted by molar-refractivity contribution is 7.12. The number of halogens is 2. The SMILES string of the molecule is O=C1N(CC(O)CN2CCC(n3ccc4ccccc43)CC2)C(c2cccs2)=NC1(c1ccc(F)cc1)c1ccc(F)cc1. The van der Waals surface area contributed by atoms with Crippen molar-refractivity contribution < 1.29 is 18.7 Å². The van der Waals surface area contributed by atoms with Gasteiger partial charge in [-0.05, 0) is 77.2 Å². The average molecular weight is 611 g/mol. The van der Waals surface area contributed by atoms with Crippen molar-refractivity contribution in [2.75, 3.05) is 26.2 Å². The summed E-state index contributed by atoms with van der Waals surface area (Å²) in [6, 6.07) is 26.1. The summed E-state index contributed by atoms with van der Waals surface area (Å²) >= 11 is 1.45. The van der Waals surface area contributed by atoms with Gasteiger partial charge in [0.05, 0.1) is 17.5 Å². The van der Waals surface area contributed by atoms with Gasteiger partial charge in [0, 0.05) is 37.4 Å². The van der Waals surface area contributed by atoms with Gasteiger partial charge in [0.25, 0.3) is 5.91 Å². The average Bonchev–Trinajstić information content (AvgIpc) is 3.78. The van der Waals surface area contributed by atoms with Gasteiger partial charge in [0.15, 0.2) is 5.54 Å². The second-order valence-electron chi connectivity index (χ2n) is 11.5. The molecule has 2 aliphatic rings. The fourth-order valence-electron chi connectivity index (χ4n) is 6.62. The Labute approximate surface area is 258 Å². The summed E-state index contributed by atoms with van der Waals surface area (Å²) < 4.78 is 30.3. The minimum absolute atomic E-state index is 0.0435. The number of thiophene rings is 1. The Morgan fingerprint density at radius 3 is 2.16 bits per heavy atom. The number of rotatable bonds is 8. The normalized spacial score (nSPS) is 18.2. The van der Waals surface area contributed by atoms with Crippen molar-refractivity contribution in [2.24, 2.45) is 4.99 Å². The summed E-state index contributed by atoms with van der Waals surface area (Å²) in [6.07, 6.45) is 3.27. The third-order valence-corrected chi connectivity index (χ3v) is 9.66. The lowest BCUT2D eigenvalue weighted by Gasteiger charge is -2.35. The first-order chi connectivity index (χ1) is 21.4. The fourth-order valence-corrected chi connectivity index (χ4v) is 7.34. The first-order valence-electron chi connectivity index (χ1n) is 14.9. The Morgan fingerprint density at radius 1 is 0.864 bits per heavy atom. The van der Waals surface area contributed by atoms with E-state index in [0.29, 0.717) is 29.5 Å². The predicted octanol–water partition coefficient (Wildman–Crippen LogP) is 6.21. The molecule has 44 heavy (non-hydrogen) atoms. The van der Waals surface area contributed by atoms with Crippen LogP contribution in [0.1, 0.15) is 34.9 Å². The van der Waals surface area contributed by atoms with Gasteiger partial charge in [-0.3, -0.25) is 9.69 Å². The number of aliphatic imine (C=N–C) groups is 1. The van der Waals surface area contributed by atoms with Gasteiger partial charge in [-0.1, -0.05) is 48.5 Å². The summed E-state index contributed by atoms with van der Waals surface area (Å²) in [5.74, 6) is -0.791. The number of β-amino-alcohol motifs (C(OH)–C–C–N with tert-alkyl or cyclic N) is 1. The number of fused-ring (bicyclic) bond motifs is 1. The number of aromatic nitrogens is 1. The molecule has 1 unspecified atom stereocenters. The van der Waals surface area contributed by atoms with Crippen molar-refractivity contribution in [3.8, 4) is 0 Å². The number of likely N-dealkylation sites (tertiary alicyclic amines) is 1. The number of hydrogen-bond donors (Lipinski definition) is 1. The van der Waals surface area contributed by atoms with E-state index in [2.05, 4.69) is 46.0 Å². The minimum atomic E-state index is -1.54. The summed E-state index contributed by atoms with van der Waals surface area (Å²) in [6.45, 7) is 2.13. The number of carbonyl (C=O) groups is 1. The molecule has 7 rings (SSSR count). The van der Waals surface area contributed by atoms with Crippen molar-refractivity contribution >= 4 is 34.0 Å². The summed E-state index contributed by atoms with van der Waals surface area (Å²) in [7, 11) is 0. The van der Waals surface area contributed by atoms with Crippen molar-refractivity contribution in [1.82, 2.24) is 14.4 Å². The van der Waals surface area contributed by atoms with E-state index in [1.165, 1.54) is 46.5 Å². The van der Waals surface area contributed by atoms with E-state index in [9.17, 15) is 18.7 Å². The van der Waals surface area contributed by atoms with Gasteiger partial charge in [-0.25, -0.2) is 13.8 Å². The molecule has 5 aromatic rings. The molecule has 224 valence electrons. The monoisotopic (exact) mass is 610 g/mol. The topological polar surface area (TPSA) is 61.1 Å². The lowest BCUT2D eigenvalue weighted by atomic mass is 9.82. The lowest BCUT2D eigenvalue weighted by Crippen LogP contribution is -2.48. The molecule has 1 N–H and O–H groups in total. The molecule has 1 atom stereocenters. The van der Waals surface area contributed by atoms with E-state index in [4.69, 9.17) is 4.99 Å². The van der Waals surface area contributed by atoms with Crippen LogP contribution in [0.2, 0.25) is 0 Å². The third kappa shape index (κ3) is 5.15. The number of aliphatic hydroxyl groups excluding tert-OH is 1. The molecule has 4 heterocycles. The van der Waals surface area contributed by atoms with E-state index in [0.717, 1.165) is 30.8 Å². The maximum atomic E-state index is 14.5. The number of aliphatic hydroxyl groups is 1. The van der Waals surface area contributed by atoms with E-state index in [1.54, 1.807) is 29.2 Å². The second kappa shape index (κ2) is 11.7. The largest absolute Gasteiger partial charge is 0.390 e. The highest BCUT2D eigenvalue weighted by atomic mass is 32.1. The van der Waals surface area contributed by atoms with E-state index in [-0.39, 0.29) is 12.5 Å². The van der Waals surface area contributed by atoms with Crippen molar-refractivity contribution in [3.63, 3.8) is 0 Å². The van der Waals surface area contributed by atoms with Gasteiger partial charge < -0.3 is 14.6 Å².